The Hall–Kier alpha value is -3.03. The van der Waals surface area contributed by atoms with Gasteiger partial charge in [0.2, 0.25) is 5.91 Å². The van der Waals surface area contributed by atoms with Crippen molar-refractivity contribution in [2.24, 2.45) is 0 Å². The van der Waals surface area contributed by atoms with E-state index in [4.69, 9.17) is 9.47 Å². The number of rotatable bonds is 5. The molecule has 8 heteroatoms. The number of carbonyl (C=O) groups excluding carboxylic acids is 3. The molecular weight excluding hydrogens is 362 g/mol. The van der Waals surface area contributed by atoms with Crippen LogP contribution in [-0.4, -0.2) is 60.6 Å². The van der Waals surface area contributed by atoms with Crippen LogP contribution < -0.4 is 10.1 Å². The highest BCUT2D eigenvalue weighted by molar-refractivity contribution is 5.98. The molecule has 0 spiro atoms. The summed E-state index contributed by atoms with van der Waals surface area (Å²) in [5.41, 5.74) is 1.62. The number of nitrogens with one attached hydrogen (secondary N) is 1. The second-order valence-electron chi connectivity index (χ2n) is 7.00. The Morgan fingerprint density at radius 1 is 1.21 bits per heavy atom. The molecule has 3 aliphatic heterocycles. The van der Waals surface area contributed by atoms with Gasteiger partial charge < -0.3 is 19.7 Å². The highest BCUT2D eigenvalue weighted by atomic mass is 16.5. The van der Waals surface area contributed by atoms with Gasteiger partial charge in [0.15, 0.2) is 0 Å². The molecule has 1 aromatic carbocycles. The summed E-state index contributed by atoms with van der Waals surface area (Å²) in [5, 5.41) is 2.85. The van der Waals surface area contributed by atoms with Crippen LogP contribution in [0.2, 0.25) is 0 Å². The van der Waals surface area contributed by atoms with Crippen molar-refractivity contribution in [2.45, 2.75) is 25.8 Å². The van der Waals surface area contributed by atoms with E-state index in [0.29, 0.717) is 31.0 Å². The van der Waals surface area contributed by atoms with Crippen LogP contribution in [0.1, 0.15) is 31.4 Å². The molecule has 1 atom stereocenters. The lowest BCUT2D eigenvalue weighted by Crippen LogP contribution is -2.50. The number of amides is 3. The van der Waals surface area contributed by atoms with Crippen molar-refractivity contribution in [2.75, 3.05) is 32.8 Å². The molecule has 28 heavy (non-hydrogen) atoms. The normalized spacial score (nSPS) is 21.5. The average molecular weight is 385 g/mol. The fourth-order valence-corrected chi connectivity index (χ4v) is 3.85. The summed E-state index contributed by atoms with van der Waals surface area (Å²) in [6.45, 7) is 3.80. The van der Waals surface area contributed by atoms with Crippen LogP contribution in [0.25, 0.3) is 0 Å². The third kappa shape index (κ3) is 3.30. The van der Waals surface area contributed by atoms with E-state index in [1.807, 2.05) is 19.1 Å². The van der Waals surface area contributed by atoms with E-state index in [0.717, 1.165) is 24.2 Å². The molecule has 3 amide bonds. The first-order valence-corrected chi connectivity index (χ1v) is 9.57. The van der Waals surface area contributed by atoms with E-state index in [9.17, 15) is 14.4 Å². The number of benzene rings is 1. The van der Waals surface area contributed by atoms with E-state index >= 15 is 0 Å². The zero-order chi connectivity index (χ0) is 19.7. The molecule has 1 N–H and O–H groups in total. The van der Waals surface area contributed by atoms with Gasteiger partial charge in [0, 0.05) is 13.1 Å². The zero-order valence-corrected chi connectivity index (χ0v) is 15.8. The minimum absolute atomic E-state index is 0.00238. The second kappa shape index (κ2) is 7.53. The maximum absolute atomic E-state index is 12.8. The molecule has 0 radical (unpaired) electrons. The molecule has 0 aromatic heterocycles. The molecule has 1 saturated heterocycles. The van der Waals surface area contributed by atoms with Gasteiger partial charge in [-0.2, -0.15) is 0 Å². The number of hydrogen-bond donors (Lipinski definition) is 1. The van der Waals surface area contributed by atoms with Crippen LogP contribution in [-0.2, 0) is 14.3 Å². The Bertz CT molecular complexity index is 827. The lowest BCUT2D eigenvalue weighted by atomic mass is 9.95. The van der Waals surface area contributed by atoms with Crippen LogP contribution in [0, 0.1) is 0 Å². The lowest BCUT2D eigenvalue weighted by molar-refractivity contribution is -0.136. The number of ether oxygens (including phenoxy) is 2. The number of esters is 1. The minimum atomic E-state index is -0.605. The Morgan fingerprint density at radius 2 is 1.93 bits per heavy atom. The van der Waals surface area contributed by atoms with Gasteiger partial charge in [-0.05, 0) is 37.5 Å². The van der Waals surface area contributed by atoms with E-state index in [2.05, 4.69) is 5.32 Å². The molecule has 148 valence electrons. The summed E-state index contributed by atoms with van der Waals surface area (Å²) < 4.78 is 10.6. The van der Waals surface area contributed by atoms with Crippen molar-refractivity contribution in [1.29, 1.82) is 0 Å². The number of likely N-dealkylation sites (tertiary alicyclic amines) is 1. The Balaban J connectivity index is 1.60. The monoisotopic (exact) mass is 385 g/mol. The SMILES string of the molecule is CCOc1ccc([C@@H]2NC(=O)N(CC(=O)N3CCCC3)C3=C2C(=O)OC3)cc1. The molecule has 0 bridgehead atoms. The largest absolute Gasteiger partial charge is 0.494 e. The van der Waals surface area contributed by atoms with Gasteiger partial charge in [0.05, 0.1) is 23.9 Å². The van der Waals surface area contributed by atoms with Crippen LogP contribution in [0.3, 0.4) is 0 Å². The maximum atomic E-state index is 12.8. The van der Waals surface area contributed by atoms with Crippen molar-refractivity contribution < 1.29 is 23.9 Å². The smallest absolute Gasteiger partial charge is 0.338 e. The molecular formula is C20H23N3O5. The van der Waals surface area contributed by atoms with E-state index in [1.54, 1.807) is 17.0 Å². The van der Waals surface area contributed by atoms with Crippen molar-refractivity contribution in [1.82, 2.24) is 15.1 Å². The first-order chi connectivity index (χ1) is 13.6. The van der Waals surface area contributed by atoms with Gasteiger partial charge in [-0.3, -0.25) is 9.69 Å². The summed E-state index contributed by atoms with van der Waals surface area (Å²) in [4.78, 5) is 40.8. The standard InChI is InChI=1S/C20H23N3O5/c1-2-27-14-7-5-13(6-8-14)18-17-15(12-28-19(17)25)23(20(26)21-18)11-16(24)22-9-3-4-10-22/h5-8,18H,2-4,9-12H2,1H3,(H,21,26)/t18-/m0/s1. The number of carbonyl (C=O) groups is 3. The van der Waals surface area contributed by atoms with Gasteiger partial charge in [0.1, 0.15) is 18.9 Å². The quantitative estimate of drug-likeness (QED) is 0.778. The number of hydrogen-bond acceptors (Lipinski definition) is 5. The minimum Gasteiger partial charge on any atom is -0.494 e. The van der Waals surface area contributed by atoms with Crippen LogP contribution >= 0.6 is 0 Å². The molecule has 0 saturated carbocycles. The molecule has 3 heterocycles. The predicted octanol–water partition coefficient (Wildman–Crippen LogP) is 1.58. The number of urea groups is 1. The fraction of sp³-hybridized carbons (Fsp3) is 0.450. The molecule has 3 aliphatic rings. The van der Waals surface area contributed by atoms with Gasteiger partial charge in [-0.25, -0.2) is 9.59 Å². The summed E-state index contributed by atoms with van der Waals surface area (Å²) in [6, 6.07) is 6.23. The van der Waals surface area contributed by atoms with Crippen molar-refractivity contribution in [3.63, 3.8) is 0 Å². The molecule has 0 aliphatic carbocycles. The Labute approximate surface area is 163 Å². The topological polar surface area (TPSA) is 88.2 Å². The second-order valence-corrected chi connectivity index (χ2v) is 7.00. The number of nitrogens with zero attached hydrogens (tertiary/aromatic N) is 2. The van der Waals surface area contributed by atoms with Gasteiger partial charge in [0.25, 0.3) is 0 Å². The van der Waals surface area contributed by atoms with E-state index in [-0.39, 0.29) is 19.1 Å². The summed E-state index contributed by atoms with van der Waals surface area (Å²) in [7, 11) is 0. The highest BCUT2D eigenvalue weighted by Crippen LogP contribution is 2.35. The van der Waals surface area contributed by atoms with Crippen molar-refractivity contribution in [3.8, 4) is 5.75 Å². The van der Waals surface area contributed by atoms with Crippen LogP contribution in [0.5, 0.6) is 5.75 Å². The van der Waals surface area contributed by atoms with E-state index in [1.165, 1.54) is 4.90 Å². The van der Waals surface area contributed by atoms with Crippen molar-refractivity contribution >= 4 is 17.9 Å². The first-order valence-electron chi connectivity index (χ1n) is 9.57. The zero-order valence-electron chi connectivity index (χ0n) is 15.8. The fourth-order valence-electron chi connectivity index (χ4n) is 3.85. The molecule has 8 nitrogen and oxygen atoms in total. The van der Waals surface area contributed by atoms with Crippen LogP contribution in [0.15, 0.2) is 35.5 Å². The Morgan fingerprint density at radius 3 is 2.61 bits per heavy atom. The molecule has 4 rings (SSSR count). The molecule has 0 unspecified atom stereocenters. The van der Waals surface area contributed by atoms with Gasteiger partial charge >= 0.3 is 12.0 Å². The summed E-state index contributed by atoms with van der Waals surface area (Å²) >= 11 is 0. The first kappa shape index (κ1) is 18.3. The third-order valence-electron chi connectivity index (χ3n) is 5.27. The van der Waals surface area contributed by atoms with Crippen LogP contribution in [0.4, 0.5) is 4.79 Å². The molecule has 1 aromatic rings. The maximum Gasteiger partial charge on any atom is 0.338 e. The Kier molecular flexibility index (Phi) is 4.93. The van der Waals surface area contributed by atoms with E-state index < -0.39 is 18.0 Å². The average Bonchev–Trinajstić information content (AvgIpc) is 3.35. The van der Waals surface area contributed by atoms with Crippen molar-refractivity contribution in [3.05, 3.63) is 41.1 Å². The third-order valence-corrected chi connectivity index (χ3v) is 5.27. The predicted molar refractivity (Wildman–Crippen MR) is 99.4 cm³/mol. The summed E-state index contributed by atoms with van der Waals surface area (Å²) in [6.07, 6.45) is 1.96. The van der Waals surface area contributed by atoms with Gasteiger partial charge in [-0.1, -0.05) is 12.1 Å². The lowest BCUT2D eigenvalue weighted by Gasteiger charge is -2.33. The number of cyclic esters (lactones) is 1. The highest BCUT2D eigenvalue weighted by Gasteiger charge is 2.43. The van der Waals surface area contributed by atoms with Gasteiger partial charge in [-0.15, -0.1) is 0 Å². The molecule has 1 fully saturated rings. The summed E-state index contributed by atoms with van der Waals surface area (Å²) in [5.74, 6) is 0.139.